The molecule has 4 N–H and O–H groups in total. The topological polar surface area (TPSA) is 88.9 Å². The summed E-state index contributed by atoms with van der Waals surface area (Å²) in [5, 5.41) is 11.7. The maximum atomic E-state index is 13.3. The van der Waals surface area contributed by atoms with Crippen molar-refractivity contribution in [3.8, 4) is 11.3 Å². The molecule has 0 saturated carbocycles. The van der Waals surface area contributed by atoms with Crippen LogP contribution < -0.4 is 16.2 Å². The summed E-state index contributed by atoms with van der Waals surface area (Å²) < 4.78 is 2.90. The maximum absolute atomic E-state index is 13.3. The van der Waals surface area contributed by atoms with Crippen molar-refractivity contribution >= 4 is 27.5 Å². The zero-order valence-electron chi connectivity index (χ0n) is 20.0. The van der Waals surface area contributed by atoms with Crippen LogP contribution in [0.3, 0.4) is 0 Å². The highest BCUT2D eigenvalue weighted by Gasteiger charge is 2.38. The van der Waals surface area contributed by atoms with Gasteiger partial charge in [-0.3, -0.25) is 10.2 Å². The van der Waals surface area contributed by atoms with Crippen molar-refractivity contribution in [2.75, 3.05) is 38.7 Å². The Bertz CT molecular complexity index is 1250. The number of piperidine rings is 1. The Labute approximate surface area is 198 Å². The van der Waals surface area contributed by atoms with Gasteiger partial charge in [-0.25, -0.2) is 4.68 Å². The number of carbonyl (C=O) groups excluding carboxylic acids is 1. The van der Waals surface area contributed by atoms with Gasteiger partial charge in [-0.1, -0.05) is 13.8 Å². The summed E-state index contributed by atoms with van der Waals surface area (Å²) in [5.74, 6) is 0.475. The number of rotatable bonds is 4. The van der Waals surface area contributed by atoms with Gasteiger partial charge in [0, 0.05) is 38.4 Å². The summed E-state index contributed by atoms with van der Waals surface area (Å²) in [5.41, 5.74) is 9.22. The van der Waals surface area contributed by atoms with Gasteiger partial charge in [0.15, 0.2) is 0 Å². The van der Waals surface area contributed by atoms with Gasteiger partial charge >= 0.3 is 0 Å². The summed E-state index contributed by atoms with van der Waals surface area (Å²) in [6, 6.07) is 4.10. The summed E-state index contributed by atoms with van der Waals surface area (Å²) in [4.78, 5) is 19.8. The molecule has 2 aliphatic rings. The van der Waals surface area contributed by atoms with E-state index in [0.717, 1.165) is 66.2 Å². The van der Waals surface area contributed by atoms with Gasteiger partial charge < -0.3 is 20.6 Å². The zero-order chi connectivity index (χ0) is 23.3. The van der Waals surface area contributed by atoms with E-state index < -0.39 is 0 Å². The first-order valence-electron chi connectivity index (χ1n) is 11.9. The van der Waals surface area contributed by atoms with Crippen molar-refractivity contribution in [2.24, 2.45) is 5.41 Å². The molecule has 5 rings (SSSR count). The number of hydrogen-bond donors (Lipinski definition) is 4. The Morgan fingerprint density at radius 2 is 2.00 bits per heavy atom. The Morgan fingerprint density at radius 3 is 2.64 bits per heavy atom. The van der Waals surface area contributed by atoms with Crippen LogP contribution in [0, 0.1) is 17.7 Å². The van der Waals surface area contributed by atoms with Gasteiger partial charge in [0.1, 0.15) is 5.49 Å². The molecule has 2 aliphatic heterocycles. The van der Waals surface area contributed by atoms with E-state index in [9.17, 15) is 4.79 Å². The van der Waals surface area contributed by atoms with E-state index in [-0.39, 0.29) is 5.91 Å². The predicted octanol–water partition coefficient (Wildman–Crippen LogP) is 4.00. The van der Waals surface area contributed by atoms with Crippen molar-refractivity contribution in [1.82, 2.24) is 19.9 Å². The fraction of sp³-hybridized carbons (Fsp3) is 0.520. The first-order chi connectivity index (χ1) is 15.8. The molecule has 0 aromatic carbocycles. The lowest BCUT2D eigenvalue weighted by Crippen LogP contribution is -2.43. The summed E-state index contributed by atoms with van der Waals surface area (Å²) in [7, 11) is 1.82. The van der Waals surface area contributed by atoms with Gasteiger partial charge in [0.05, 0.1) is 20.8 Å². The molecular formula is C25H34N6OS. The number of H-pyrrole nitrogens is 1. The van der Waals surface area contributed by atoms with E-state index in [1.165, 1.54) is 16.7 Å². The van der Waals surface area contributed by atoms with Gasteiger partial charge in [-0.2, -0.15) is 0 Å². The molecule has 1 spiro atoms. The number of aromatic nitrogens is 2. The number of nitrogens with zero attached hydrogens (tertiary/aromatic N) is 2. The molecule has 0 unspecified atom stereocenters. The molecular weight excluding hydrogens is 432 g/mol. The molecule has 2 saturated heterocycles. The van der Waals surface area contributed by atoms with Gasteiger partial charge in [0.25, 0.3) is 5.91 Å². The fourth-order valence-electron chi connectivity index (χ4n) is 5.49. The second-order valence-corrected chi connectivity index (χ2v) is 11.0. The third-order valence-corrected chi connectivity index (χ3v) is 8.68. The number of carbonyl (C=O) groups is 1. The highest BCUT2D eigenvalue weighted by atomic mass is 32.1. The highest BCUT2D eigenvalue weighted by molar-refractivity contribution is 7.21. The monoisotopic (exact) mass is 466 g/mol. The van der Waals surface area contributed by atoms with Crippen LogP contribution in [-0.4, -0.2) is 53.7 Å². The molecule has 3 aromatic rings. The van der Waals surface area contributed by atoms with E-state index in [1.54, 1.807) is 16.0 Å². The molecule has 0 aliphatic carbocycles. The smallest absolute Gasteiger partial charge is 0.264 e. The van der Waals surface area contributed by atoms with Crippen LogP contribution in [0.25, 0.3) is 21.5 Å². The lowest BCUT2D eigenvalue weighted by molar-refractivity contribution is 0.0612. The molecule has 5 heterocycles. The van der Waals surface area contributed by atoms with Crippen LogP contribution in [0.15, 0.2) is 18.3 Å². The van der Waals surface area contributed by atoms with Crippen LogP contribution in [-0.2, 0) is 0 Å². The molecule has 0 bridgehead atoms. The molecule has 176 valence electrons. The average molecular weight is 467 g/mol. The van der Waals surface area contributed by atoms with Crippen LogP contribution >= 0.6 is 11.3 Å². The molecule has 0 radical (unpaired) electrons. The van der Waals surface area contributed by atoms with Crippen LogP contribution in [0.5, 0.6) is 0 Å². The minimum Gasteiger partial charge on any atom is -0.354 e. The highest BCUT2D eigenvalue weighted by Crippen LogP contribution is 2.41. The van der Waals surface area contributed by atoms with Crippen molar-refractivity contribution in [3.63, 3.8) is 0 Å². The lowest BCUT2D eigenvalue weighted by atomic mass is 9.78. The van der Waals surface area contributed by atoms with E-state index in [2.05, 4.69) is 40.5 Å². The second-order valence-electron chi connectivity index (χ2n) is 9.99. The Hall–Kier alpha value is -2.58. The van der Waals surface area contributed by atoms with E-state index in [1.807, 2.05) is 26.2 Å². The normalized spacial score (nSPS) is 18.0. The van der Waals surface area contributed by atoms with Crippen LogP contribution in [0.4, 0.5) is 0 Å². The third-order valence-electron chi connectivity index (χ3n) is 7.52. The molecule has 33 heavy (non-hydrogen) atoms. The number of amides is 1. The second kappa shape index (κ2) is 8.33. The Morgan fingerprint density at radius 1 is 1.24 bits per heavy atom. The third kappa shape index (κ3) is 3.79. The van der Waals surface area contributed by atoms with E-state index >= 15 is 0 Å². The van der Waals surface area contributed by atoms with Crippen molar-refractivity contribution in [3.05, 3.63) is 39.8 Å². The summed E-state index contributed by atoms with van der Waals surface area (Å²) in [6.07, 6.45) is 5.41. The van der Waals surface area contributed by atoms with Crippen molar-refractivity contribution < 1.29 is 4.79 Å². The van der Waals surface area contributed by atoms with Gasteiger partial charge in [0.2, 0.25) is 0 Å². The standard InChI is InChI=1S/C25H34N6OS/c1-15(2)20-21(17-11-16(3)23(26)31(13-17)27-4)29-18-12-19(33-22(18)20)24(32)30-9-6-25(7-10-30)5-8-28-14-25/h11-13,15,26-29H,5-10,14H2,1-4H3. The fourth-order valence-corrected chi connectivity index (χ4v) is 6.77. The number of fused-ring (bicyclic) bond motifs is 1. The molecule has 7 nitrogen and oxygen atoms in total. The lowest BCUT2D eigenvalue weighted by Gasteiger charge is -2.38. The van der Waals surface area contributed by atoms with Gasteiger partial charge in [-0.15, -0.1) is 11.3 Å². The molecule has 8 heteroatoms. The number of thiophene rings is 1. The van der Waals surface area contributed by atoms with E-state index in [4.69, 9.17) is 5.41 Å². The minimum atomic E-state index is 0.170. The SMILES string of the molecule is CNn1cc(-c2[nH]c3cc(C(=O)N4CCC5(CCNC5)CC4)sc3c2C(C)C)cc(C)c1=N. The zero-order valence-corrected chi connectivity index (χ0v) is 20.8. The molecule has 0 atom stereocenters. The van der Waals surface area contributed by atoms with Crippen molar-refractivity contribution in [2.45, 2.75) is 46.0 Å². The first-order valence-corrected chi connectivity index (χ1v) is 12.7. The van der Waals surface area contributed by atoms with E-state index in [0.29, 0.717) is 16.8 Å². The number of hydrogen-bond acceptors (Lipinski definition) is 5. The Kier molecular flexibility index (Phi) is 5.61. The average Bonchev–Trinajstić information content (AvgIpc) is 3.50. The maximum Gasteiger partial charge on any atom is 0.264 e. The quantitative estimate of drug-likeness (QED) is 0.469. The number of pyridine rings is 1. The largest absolute Gasteiger partial charge is 0.354 e. The molecule has 2 fully saturated rings. The number of likely N-dealkylation sites (tertiary alicyclic amines) is 1. The summed E-state index contributed by atoms with van der Waals surface area (Å²) >= 11 is 1.62. The van der Waals surface area contributed by atoms with Crippen LogP contribution in [0.1, 0.15) is 59.8 Å². The Balaban J connectivity index is 1.47. The number of aryl methyl sites for hydroxylation is 1. The first kappa shape index (κ1) is 22.2. The molecule has 3 aromatic heterocycles. The predicted molar refractivity (Wildman–Crippen MR) is 135 cm³/mol. The van der Waals surface area contributed by atoms with Crippen molar-refractivity contribution in [1.29, 1.82) is 5.41 Å². The number of nitrogens with one attached hydrogen (secondary N) is 4. The van der Waals surface area contributed by atoms with Crippen LogP contribution in [0.2, 0.25) is 0 Å². The minimum absolute atomic E-state index is 0.170. The summed E-state index contributed by atoms with van der Waals surface area (Å²) in [6.45, 7) is 10.3. The number of aromatic amines is 1. The van der Waals surface area contributed by atoms with Gasteiger partial charge in [-0.05, 0) is 67.3 Å². The molecule has 1 amide bonds.